The fourth-order valence-electron chi connectivity index (χ4n) is 5.94. The quantitative estimate of drug-likeness (QED) is 0.662. The average Bonchev–Trinajstić information content (AvgIpc) is 3.34. The van der Waals surface area contributed by atoms with E-state index in [0.717, 1.165) is 17.5 Å². The summed E-state index contributed by atoms with van der Waals surface area (Å²) in [7, 11) is -3.62. The molecule has 2 fully saturated rings. The molecule has 3 aliphatic rings. The summed E-state index contributed by atoms with van der Waals surface area (Å²) in [6, 6.07) is 17.1. The zero-order valence-corrected chi connectivity index (χ0v) is 19.4. The van der Waals surface area contributed by atoms with Crippen LogP contribution in [0.4, 0.5) is 0 Å². The smallest absolute Gasteiger partial charge is 0.244 e. The Labute approximate surface area is 191 Å². The Kier molecular flexibility index (Phi) is 5.84. The topological polar surface area (TPSA) is 57.7 Å². The Morgan fingerprint density at radius 2 is 1.69 bits per heavy atom. The average molecular weight is 453 g/mol. The Balaban J connectivity index is 1.40. The van der Waals surface area contributed by atoms with Gasteiger partial charge in [0.1, 0.15) is 0 Å². The van der Waals surface area contributed by atoms with E-state index in [9.17, 15) is 13.2 Å². The van der Waals surface area contributed by atoms with Gasteiger partial charge in [-0.25, -0.2) is 8.42 Å². The third-order valence-corrected chi connectivity index (χ3v) is 9.67. The molecule has 1 saturated carbocycles. The highest BCUT2D eigenvalue weighted by Gasteiger charge is 2.57. The maximum atomic E-state index is 13.6. The van der Waals surface area contributed by atoms with Gasteiger partial charge in [-0.1, -0.05) is 80.6 Å². The molecule has 1 spiro atoms. The fourth-order valence-corrected chi connectivity index (χ4v) is 7.99. The van der Waals surface area contributed by atoms with Crippen LogP contribution in [0.5, 0.6) is 0 Å². The first-order valence-electron chi connectivity index (χ1n) is 11.9. The van der Waals surface area contributed by atoms with Crippen LogP contribution in [0.1, 0.15) is 62.5 Å². The van der Waals surface area contributed by atoms with Gasteiger partial charge in [0.15, 0.2) is 0 Å². The van der Waals surface area contributed by atoms with Crippen LogP contribution in [0.25, 0.3) is 0 Å². The molecule has 5 nitrogen and oxygen atoms in total. The van der Waals surface area contributed by atoms with Crippen molar-refractivity contribution in [1.29, 1.82) is 0 Å². The third-order valence-electron chi connectivity index (χ3n) is 7.69. The highest BCUT2D eigenvalue weighted by molar-refractivity contribution is 7.89. The first kappa shape index (κ1) is 21.7. The van der Waals surface area contributed by atoms with Crippen LogP contribution in [0.3, 0.4) is 0 Å². The molecule has 5 rings (SSSR count). The van der Waals surface area contributed by atoms with Gasteiger partial charge < -0.3 is 4.90 Å². The summed E-state index contributed by atoms with van der Waals surface area (Å²) in [6.07, 6.45) is 8.57. The predicted molar refractivity (Wildman–Crippen MR) is 124 cm³/mol. The largest absolute Gasteiger partial charge is 0.340 e. The summed E-state index contributed by atoms with van der Waals surface area (Å²) in [5.41, 5.74) is 1.13. The van der Waals surface area contributed by atoms with Crippen LogP contribution in [0.2, 0.25) is 0 Å². The second-order valence-corrected chi connectivity index (χ2v) is 11.5. The Bertz CT molecular complexity index is 1080. The molecule has 0 radical (unpaired) electrons. The second-order valence-electron chi connectivity index (χ2n) is 9.63. The first-order valence-corrected chi connectivity index (χ1v) is 13.4. The van der Waals surface area contributed by atoms with Gasteiger partial charge in [0, 0.05) is 26.1 Å². The van der Waals surface area contributed by atoms with Crippen molar-refractivity contribution >= 4 is 15.9 Å². The minimum absolute atomic E-state index is 0.175. The van der Waals surface area contributed by atoms with Crippen molar-refractivity contribution in [3.05, 3.63) is 65.7 Å². The molecular weight excluding hydrogens is 420 g/mol. The van der Waals surface area contributed by atoms with E-state index < -0.39 is 15.6 Å². The molecule has 1 aliphatic carbocycles. The fraction of sp³-hybridized carbons (Fsp3) is 0.500. The summed E-state index contributed by atoms with van der Waals surface area (Å²) in [5.74, 6) is 0.848. The molecule has 1 amide bonds. The summed E-state index contributed by atoms with van der Waals surface area (Å²) in [5, 5.41) is 0. The minimum Gasteiger partial charge on any atom is -0.340 e. The van der Waals surface area contributed by atoms with Crippen LogP contribution in [0, 0.1) is 5.92 Å². The number of hydrogen-bond acceptors (Lipinski definition) is 3. The van der Waals surface area contributed by atoms with Gasteiger partial charge in [0.25, 0.3) is 0 Å². The van der Waals surface area contributed by atoms with Crippen molar-refractivity contribution in [3.8, 4) is 0 Å². The number of carbonyl (C=O) groups excluding carboxylic acids is 1. The number of sulfonamides is 1. The van der Waals surface area contributed by atoms with Crippen molar-refractivity contribution in [2.75, 3.05) is 13.1 Å². The number of likely N-dealkylation sites (tertiary alicyclic amines) is 1. The van der Waals surface area contributed by atoms with Crippen molar-refractivity contribution in [3.63, 3.8) is 0 Å². The summed E-state index contributed by atoms with van der Waals surface area (Å²) >= 11 is 0. The SMILES string of the molecule is O=C(CCC1CCCCC1)N1CC[C@]2(C1)c1ccccc1S(=O)(=O)N2Cc1ccccc1. The maximum Gasteiger partial charge on any atom is 0.244 e. The van der Waals surface area contributed by atoms with Crippen LogP contribution in [0.15, 0.2) is 59.5 Å². The molecule has 2 aromatic rings. The molecule has 0 bridgehead atoms. The molecular formula is C26H32N2O3S. The van der Waals surface area contributed by atoms with Crippen molar-refractivity contribution in [2.45, 2.75) is 68.3 Å². The molecule has 0 N–H and O–H groups in total. The lowest BCUT2D eigenvalue weighted by molar-refractivity contribution is -0.131. The molecule has 2 aliphatic heterocycles. The van der Waals surface area contributed by atoms with E-state index in [0.29, 0.717) is 43.3 Å². The molecule has 2 aromatic carbocycles. The summed E-state index contributed by atoms with van der Waals surface area (Å²) < 4.78 is 28.8. The number of hydrogen-bond donors (Lipinski definition) is 0. The van der Waals surface area contributed by atoms with E-state index in [2.05, 4.69) is 0 Å². The van der Waals surface area contributed by atoms with E-state index in [4.69, 9.17) is 0 Å². The first-order chi connectivity index (χ1) is 15.5. The van der Waals surface area contributed by atoms with E-state index in [1.165, 1.54) is 32.1 Å². The number of nitrogens with zero attached hydrogens (tertiary/aromatic N) is 2. The van der Waals surface area contributed by atoms with E-state index in [1.807, 2.05) is 47.4 Å². The van der Waals surface area contributed by atoms with Gasteiger partial charge in [0.2, 0.25) is 15.9 Å². The van der Waals surface area contributed by atoms with Crippen LogP contribution < -0.4 is 0 Å². The van der Waals surface area contributed by atoms with Crippen LogP contribution in [-0.2, 0) is 26.9 Å². The summed E-state index contributed by atoms with van der Waals surface area (Å²) in [6.45, 7) is 1.38. The lowest BCUT2D eigenvalue weighted by Gasteiger charge is -2.34. The van der Waals surface area contributed by atoms with Gasteiger partial charge in [-0.15, -0.1) is 0 Å². The number of rotatable bonds is 5. The Morgan fingerprint density at radius 1 is 0.969 bits per heavy atom. The molecule has 6 heteroatoms. The van der Waals surface area contributed by atoms with Gasteiger partial charge >= 0.3 is 0 Å². The second kappa shape index (κ2) is 8.64. The molecule has 0 unspecified atom stereocenters. The third kappa shape index (κ3) is 3.77. The lowest BCUT2D eigenvalue weighted by Crippen LogP contribution is -2.46. The maximum absolute atomic E-state index is 13.6. The standard InChI is InChI=1S/C26H32N2O3S/c29-25(16-15-21-9-3-1-4-10-21)27-18-17-26(20-27)23-13-7-8-14-24(23)32(30,31)28(26)19-22-11-5-2-6-12-22/h2,5-8,11-14,21H,1,3-4,9-10,15-20H2/t26-/m0/s1. The summed E-state index contributed by atoms with van der Waals surface area (Å²) in [4.78, 5) is 15.4. The van der Waals surface area contributed by atoms with E-state index >= 15 is 0 Å². The normalized spacial score (nSPS) is 25.3. The van der Waals surface area contributed by atoms with Crippen LogP contribution in [-0.4, -0.2) is 36.6 Å². The van der Waals surface area contributed by atoms with Crippen molar-refractivity contribution < 1.29 is 13.2 Å². The van der Waals surface area contributed by atoms with Gasteiger partial charge in [-0.05, 0) is 36.0 Å². The zero-order chi connectivity index (χ0) is 22.2. The van der Waals surface area contributed by atoms with Crippen molar-refractivity contribution in [1.82, 2.24) is 9.21 Å². The molecule has 2 heterocycles. The highest BCUT2D eigenvalue weighted by atomic mass is 32.2. The minimum atomic E-state index is -3.62. The molecule has 170 valence electrons. The van der Waals surface area contributed by atoms with E-state index in [1.54, 1.807) is 16.4 Å². The Hall–Kier alpha value is -2.18. The van der Waals surface area contributed by atoms with Gasteiger partial charge in [-0.2, -0.15) is 4.31 Å². The van der Waals surface area contributed by atoms with Crippen LogP contribution >= 0.6 is 0 Å². The van der Waals surface area contributed by atoms with Gasteiger partial charge in [-0.3, -0.25) is 4.79 Å². The lowest BCUT2D eigenvalue weighted by atomic mass is 9.86. The number of carbonyl (C=O) groups is 1. The number of fused-ring (bicyclic) bond motifs is 2. The highest BCUT2D eigenvalue weighted by Crippen LogP contribution is 2.50. The molecule has 1 atom stereocenters. The molecule has 0 aromatic heterocycles. The van der Waals surface area contributed by atoms with Gasteiger partial charge in [0.05, 0.1) is 10.4 Å². The number of amides is 1. The number of benzene rings is 2. The molecule has 32 heavy (non-hydrogen) atoms. The Morgan fingerprint density at radius 3 is 2.47 bits per heavy atom. The van der Waals surface area contributed by atoms with E-state index in [-0.39, 0.29) is 5.91 Å². The molecule has 1 saturated heterocycles. The zero-order valence-electron chi connectivity index (χ0n) is 18.6. The predicted octanol–water partition coefficient (Wildman–Crippen LogP) is 4.68. The monoisotopic (exact) mass is 452 g/mol. The van der Waals surface area contributed by atoms with Crippen molar-refractivity contribution in [2.24, 2.45) is 5.92 Å².